The van der Waals surface area contributed by atoms with Gasteiger partial charge in [0.1, 0.15) is 6.20 Å². The predicted molar refractivity (Wildman–Crippen MR) is 64.8 cm³/mol. The number of hydrogen-bond donors (Lipinski definition) is 1. The molecule has 17 heavy (non-hydrogen) atoms. The molecule has 0 aromatic carbocycles. The summed E-state index contributed by atoms with van der Waals surface area (Å²) in [6, 6.07) is 2.12. The molecule has 0 saturated heterocycles. The third-order valence-electron chi connectivity index (χ3n) is 3.18. The van der Waals surface area contributed by atoms with Crippen molar-refractivity contribution in [2.45, 2.75) is 32.2 Å². The molecule has 5 heteroatoms. The van der Waals surface area contributed by atoms with Crippen LogP contribution in [0.5, 0.6) is 0 Å². The van der Waals surface area contributed by atoms with Gasteiger partial charge in [-0.2, -0.15) is 0 Å². The summed E-state index contributed by atoms with van der Waals surface area (Å²) in [4.78, 5) is 14.4. The molecule has 1 saturated carbocycles. The third kappa shape index (κ3) is 3.00. The van der Waals surface area contributed by atoms with E-state index in [1.165, 1.54) is 19.0 Å². The smallest absolute Gasteiger partial charge is 0.290 e. The van der Waals surface area contributed by atoms with E-state index in [0.29, 0.717) is 12.0 Å². The molecule has 0 radical (unpaired) electrons. The van der Waals surface area contributed by atoms with Crippen LogP contribution in [-0.2, 0) is 6.42 Å². The van der Waals surface area contributed by atoms with E-state index >= 15 is 0 Å². The van der Waals surface area contributed by atoms with Gasteiger partial charge < -0.3 is 5.32 Å². The summed E-state index contributed by atoms with van der Waals surface area (Å²) in [6.45, 7) is 2.97. The van der Waals surface area contributed by atoms with Crippen LogP contribution in [0.15, 0.2) is 18.5 Å². The average molecular weight is 235 g/mol. The van der Waals surface area contributed by atoms with Crippen LogP contribution in [-0.4, -0.2) is 22.5 Å². The molecule has 1 unspecified atom stereocenters. The largest absolute Gasteiger partial charge is 0.314 e. The van der Waals surface area contributed by atoms with E-state index in [1.54, 1.807) is 12.3 Å². The Bertz CT molecular complexity index is 404. The molecular weight excluding hydrogens is 218 g/mol. The van der Waals surface area contributed by atoms with E-state index in [-0.39, 0.29) is 10.6 Å². The quantitative estimate of drug-likeness (QED) is 0.604. The summed E-state index contributed by atoms with van der Waals surface area (Å²) < 4.78 is 0. The lowest BCUT2D eigenvalue weighted by atomic mass is 10.0. The molecule has 0 spiro atoms. The zero-order chi connectivity index (χ0) is 12.3. The van der Waals surface area contributed by atoms with Gasteiger partial charge in [-0.3, -0.25) is 15.1 Å². The zero-order valence-electron chi connectivity index (χ0n) is 9.93. The van der Waals surface area contributed by atoms with Gasteiger partial charge in [0.2, 0.25) is 0 Å². The lowest BCUT2D eigenvalue weighted by Crippen LogP contribution is -2.33. The highest BCUT2D eigenvalue weighted by Gasteiger charge is 2.31. The number of pyridine rings is 1. The van der Waals surface area contributed by atoms with E-state index < -0.39 is 0 Å². The fraction of sp³-hybridized carbons (Fsp3) is 0.583. The van der Waals surface area contributed by atoms with Crippen molar-refractivity contribution in [1.29, 1.82) is 0 Å². The molecule has 0 aliphatic heterocycles. The highest BCUT2D eigenvalue weighted by atomic mass is 16.6. The van der Waals surface area contributed by atoms with Crippen LogP contribution in [0.4, 0.5) is 5.69 Å². The molecule has 0 bridgehead atoms. The van der Waals surface area contributed by atoms with Crippen LogP contribution in [0.3, 0.4) is 0 Å². The third-order valence-corrected chi connectivity index (χ3v) is 3.18. The molecule has 1 aliphatic rings. The molecule has 0 amide bonds. The van der Waals surface area contributed by atoms with E-state index in [4.69, 9.17) is 0 Å². The van der Waals surface area contributed by atoms with Crippen LogP contribution in [0.2, 0.25) is 0 Å². The first-order valence-corrected chi connectivity index (χ1v) is 6.03. The lowest BCUT2D eigenvalue weighted by Gasteiger charge is -2.16. The highest BCUT2D eigenvalue weighted by Crippen LogP contribution is 2.35. The Morgan fingerprint density at radius 1 is 1.65 bits per heavy atom. The van der Waals surface area contributed by atoms with Gasteiger partial charge in [0.05, 0.1) is 4.92 Å². The first-order chi connectivity index (χ1) is 8.22. The van der Waals surface area contributed by atoms with Gasteiger partial charge in [-0.1, -0.05) is 6.92 Å². The van der Waals surface area contributed by atoms with Gasteiger partial charge in [-0.05, 0) is 37.8 Å². The van der Waals surface area contributed by atoms with Crippen molar-refractivity contribution in [2.75, 3.05) is 6.54 Å². The Morgan fingerprint density at radius 3 is 3.00 bits per heavy atom. The molecule has 1 N–H and O–H groups in total. The fourth-order valence-electron chi connectivity index (χ4n) is 2.16. The monoisotopic (exact) mass is 235 g/mol. The van der Waals surface area contributed by atoms with E-state index in [2.05, 4.69) is 17.2 Å². The van der Waals surface area contributed by atoms with Crippen LogP contribution in [0, 0.1) is 16.0 Å². The van der Waals surface area contributed by atoms with Gasteiger partial charge in [0, 0.05) is 17.8 Å². The first-order valence-electron chi connectivity index (χ1n) is 6.03. The summed E-state index contributed by atoms with van der Waals surface area (Å²) in [5.41, 5.74) is 0.916. The molecule has 92 valence electrons. The second-order valence-electron chi connectivity index (χ2n) is 4.47. The Kier molecular flexibility index (Phi) is 3.68. The van der Waals surface area contributed by atoms with Crippen molar-refractivity contribution in [3.8, 4) is 0 Å². The number of rotatable bonds is 6. The fourth-order valence-corrected chi connectivity index (χ4v) is 2.16. The minimum Gasteiger partial charge on any atom is -0.314 e. The van der Waals surface area contributed by atoms with Crippen molar-refractivity contribution < 1.29 is 4.92 Å². The Morgan fingerprint density at radius 2 is 2.41 bits per heavy atom. The SMILES string of the molecule is CCNC(Cc1ccncc1[N+](=O)[O-])C1CC1. The Labute approximate surface area is 100 Å². The van der Waals surface area contributed by atoms with Gasteiger partial charge in [0.25, 0.3) is 5.69 Å². The zero-order valence-corrected chi connectivity index (χ0v) is 9.93. The molecule has 1 aliphatic carbocycles. The number of nitrogens with zero attached hydrogens (tertiary/aromatic N) is 2. The van der Waals surface area contributed by atoms with Crippen molar-refractivity contribution in [3.63, 3.8) is 0 Å². The first kappa shape index (κ1) is 12.0. The van der Waals surface area contributed by atoms with Crippen LogP contribution in [0.1, 0.15) is 25.3 Å². The van der Waals surface area contributed by atoms with Crippen LogP contribution < -0.4 is 5.32 Å². The average Bonchev–Trinajstić information content (AvgIpc) is 3.13. The van der Waals surface area contributed by atoms with E-state index in [1.807, 2.05) is 0 Å². The second kappa shape index (κ2) is 5.23. The van der Waals surface area contributed by atoms with Gasteiger partial charge in [-0.15, -0.1) is 0 Å². The lowest BCUT2D eigenvalue weighted by molar-refractivity contribution is -0.385. The molecular formula is C12H17N3O2. The minimum atomic E-state index is -0.349. The summed E-state index contributed by atoms with van der Waals surface area (Å²) >= 11 is 0. The standard InChI is InChI=1S/C12H17N3O2/c1-2-14-11(9-3-4-9)7-10-5-6-13-8-12(10)15(16)17/h5-6,8-9,11,14H,2-4,7H2,1H3. The number of nitrogens with one attached hydrogen (secondary N) is 1. The maximum Gasteiger partial charge on any atom is 0.290 e. The van der Waals surface area contributed by atoms with Crippen molar-refractivity contribution in [2.24, 2.45) is 5.92 Å². The summed E-state index contributed by atoms with van der Waals surface area (Å²) in [6.07, 6.45) is 6.15. The maximum atomic E-state index is 10.9. The molecule has 2 rings (SSSR count). The number of aromatic nitrogens is 1. The highest BCUT2D eigenvalue weighted by molar-refractivity contribution is 5.37. The van der Waals surface area contributed by atoms with Gasteiger partial charge in [-0.25, -0.2) is 0 Å². The van der Waals surface area contributed by atoms with Crippen molar-refractivity contribution in [1.82, 2.24) is 10.3 Å². The Hall–Kier alpha value is -1.49. The normalized spacial score (nSPS) is 16.8. The van der Waals surface area contributed by atoms with Crippen molar-refractivity contribution >= 4 is 5.69 Å². The summed E-state index contributed by atoms with van der Waals surface area (Å²) in [5.74, 6) is 0.683. The van der Waals surface area contributed by atoms with Gasteiger partial charge in [0.15, 0.2) is 0 Å². The number of hydrogen-bond acceptors (Lipinski definition) is 4. The molecule has 1 heterocycles. The van der Waals surface area contributed by atoms with E-state index in [0.717, 1.165) is 18.5 Å². The summed E-state index contributed by atoms with van der Waals surface area (Å²) in [7, 11) is 0. The van der Waals surface area contributed by atoms with Gasteiger partial charge >= 0.3 is 0 Å². The molecule has 1 fully saturated rings. The summed E-state index contributed by atoms with van der Waals surface area (Å²) in [5, 5.41) is 14.3. The van der Waals surface area contributed by atoms with E-state index in [9.17, 15) is 10.1 Å². The number of nitro groups is 1. The topological polar surface area (TPSA) is 68.1 Å². The number of likely N-dealkylation sites (N-methyl/N-ethyl adjacent to an activating group) is 1. The van der Waals surface area contributed by atoms with Crippen LogP contribution >= 0.6 is 0 Å². The molecule has 1 atom stereocenters. The predicted octanol–water partition coefficient (Wildman–Crippen LogP) is 1.92. The van der Waals surface area contributed by atoms with Crippen molar-refractivity contribution in [3.05, 3.63) is 34.1 Å². The molecule has 5 nitrogen and oxygen atoms in total. The minimum absolute atomic E-state index is 0.135. The molecule has 1 aromatic rings. The maximum absolute atomic E-state index is 10.9. The molecule has 1 aromatic heterocycles. The Balaban J connectivity index is 2.13. The van der Waals surface area contributed by atoms with Crippen LogP contribution in [0.25, 0.3) is 0 Å². The second-order valence-corrected chi connectivity index (χ2v) is 4.47.